The van der Waals surface area contributed by atoms with Crippen LogP contribution >= 0.6 is 11.6 Å². The summed E-state index contributed by atoms with van der Waals surface area (Å²) in [5.74, 6) is 0. The number of nitriles is 1. The lowest BCUT2D eigenvalue weighted by Gasteiger charge is -2.06. The summed E-state index contributed by atoms with van der Waals surface area (Å²) in [5.41, 5.74) is 8.96. The van der Waals surface area contributed by atoms with Crippen molar-refractivity contribution >= 4 is 17.3 Å². The molecule has 0 aliphatic heterocycles. The monoisotopic (exact) mass is 246 g/mol. The molecule has 86 valence electrons. The highest BCUT2D eigenvalue weighted by molar-refractivity contribution is 6.31. The highest BCUT2D eigenvalue weighted by Crippen LogP contribution is 2.24. The van der Waals surface area contributed by atoms with E-state index >= 15 is 0 Å². The fourth-order valence-electron chi connectivity index (χ4n) is 1.65. The Hall–Kier alpha value is -1.99. The molecule has 0 unspecified atom stereocenters. The maximum atomic E-state index is 8.93. The molecule has 0 aliphatic rings. The van der Waals surface area contributed by atoms with E-state index in [-0.39, 0.29) is 0 Å². The minimum atomic E-state index is 0.436. The van der Waals surface area contributed by atoms with E-state index in [0.717, 1.165) is 17.1 Å². The number of anilines is 1. The third-order valence-electron chi connectivity index (χ3n) is 2.60. The van der Waals surface area contributed by atoms with Crippen molar-refractivity contribution in [2.75, 3.05) is 5.73 Å². The lowest BCUT2D eigenvalue weighted by molar-refractivity contribution is 0.833. The van der Waals surface area contributed by atoms with Crippen LogP contribution < -0.4 is 5.73 Å². The fourth-order valence-corrected chi connectivity index (χ4v) is 1.77. The number of hydrogen-bond donors (Lipinski definition) is 1. The second kappa shape index (κ2) is 4.11. The molecule has 0 atom stereocenters. The Kier molecular flexibility index (Phi) is 2.78. The van der Waals surface area contributed by atoms with Gasteiger partial charge in [0.25, 0.3) is 0 Å². The molecule has 0 amide bonds. The summed E-state index contributed by atoms with van der Waals surface area (Å²) >= 11 is 6.08. The van der Waals surface area contributed by atoms with E-state index in [1.807, 2.05) is 26.0 Å². The average molecular weight is 247 g/mol. The zero-order valence-electron chi connectivity index (χ0n) is 9.53. The number of nitrogens with zero attached hydrogens (tertiary/aromatic N) is 3. The number of nitrogen functional groups attached to an aromatic ring is 1. The number of nitrogens with two attached hydrogens (primary N) is 1. The van der Waals surface area contributed by atoms with Crippen molar-refractivity contribution in [3.05, 3.63) is 40.2 Å². The van der Waals surface area contributed by atoms with Crippen molar-refractivity contribution in [3.63, 3.8) is 0 Å². The molecule has 0 spiro atoms. The molecular formula is C12H11ClN4. The van der Waals surface area contributed by atoms with E-state index in [0.29, 0.717) is 16.3 Å². The Morgan fingerprint density at radius 3 is 2.65 bits per heavy atom. The first-order chi connectivity index (χ1) is 8.04. The number of halogens is 1. The second-order valence-electron chi connectivity index (χ2n) is 3.78. The van der Waals surface area contributed by atoms with E-state index in [4.69, 9.17) is 22.6 Å². The summed E-state index contributed by atoms with van der Waals surface area (Å²) in [6.07, 6.45) is 0. The Labute approximate surface area is 104 Å². The van der Waals surface area contributed by atoms with Gasteiger partial charge in [0, 0.05) is 5.69 Å². The molecule has 1 aromatic carbocycles. The molecule has 1 aromatic heterocycles. The Bertz CT molecular complexity index is 622. The number of rotatable bonds is 1. The maximum Gasteiger partial charge on any atom is 0.101 e. The smallest absolute Gasteiger partial charge is 0.101 e. The molecule has 0 aliphatic carbocycles. The molecule has 5 heteroatoms. The van der Waals surface area contributed by atoms with Crippen LogP contribution in [0.1, 0.15) is 17.0 Å². The summed E-state index contributed by atoms with van der Waals surface area (Å²) in [6.45, 7) is 3.72. The van der Waals surface area contributed by atoms with Gasteiger partial charge in [0.1, 0.15) is 6.07 Å². The Balaban J connectivity index is 2.62. The molecule has 4 nitrogen and oxygen atoms in total. The van der Waals surface area contributed by atoms with Crippen LogP contribution in [0.4, 0.5) is 5.69 Å². The van der Waals surface area contributed by atoms with E-state index in [9.17, 15) is 0 Å². The van der Waals surface area contributed by atoms with Crippen LogP contribution in [0.2, 0.25) is 5.02 Å². The molecule has 1 heterocycles. The van der Waals surface area contributed by atoms with Crippen molar-refractivity contribution in [1.82, 2.24) is 9.78 Å². The van der Waals surface area contributed by atoms with Gasteiger partial charge >= 0.3 is 0 Å². The predicted molar refractivity (Wildman–Crippen MR) is 67.2 cm³/mol. The largest absolute Gasteiger partial charge is 0.398 e. The van der Waals surface area contributed by atoms with Gasteiger partial charge in [-0.2, -0.15) is 10.4 Å². The lowest BCUT2D eigenvalue weighted by Crippen LogP contribution is -2.01. The van der Waals surface area contributed by atoms with Gasteiger partial charge in [0.2, 0.25) is 0 Å². The van der Waals surface area contributed by atoms with Gasteiger partial charge in [0.15, 0.2) is 0 Å². The van der Waals surface area contributed by atoms with Crippen molar-refractivity contribution in [2.24, 2.45) is 0 Å². The molecule has 2 N–H and O–H groups in total. The Morgan fingerprint density at radius 1 is 1.41 bits per heavy atom. The normalized spacial score (nSPS) is 10.2. The molecule has 2 aromatic rings. The first-order valence-electron chi connectivity index (χ1n) is 5.06. The van der Waals surface area contributed by atoms with Crippen molar-refractivity contribution in [2.45, 2.75) is 13.8 Å². The molecule has 0 radical (unpaired) electrons. The van der Waals surface area contributed by atoms with Gasteiger partial charge in [-0.3, -0.25) is 0 Å². The van der Waals surface area contributed by atoms with Crippen molar-refractivity contribution < 1.29 is 0 Å². The molecular weight excluding hydrogens is 236 g/mol. The van der Waals surface area contributed by atoms with Gasteiger partial charge in [-0.25, -0.2) is 4.68 Å². The van der Waals surface area contributed by atoms with Gasteiger partial charge in [0.05, 0.1) is 27.7 Å². The standard InChI is InChI=1S/C12H11ClN4/c1-7-12(13)8(2)17(16-7)10-3-4-11(15)9(5-10)6-14/h3-5H,15H2,1-2H3. The van der Waals surface area contributed by atoms with E-state index in [1.54, 1.807) is 16.8 Å². The number of benzene rings is 1. The molecule has 0 saturated carbocycles. The van der Waals surface area contributed by atoms with E-state index in [1.165, 1.54) is 0 Å². The van der Waals surface area contributed by atoms with Crippen molar-refractivity contribution in [3.8, 4) is 11.8 Å². The first kappa shape index (κ1) is 11.5. The average Bonchev–Trinajstić information content (AvgIpc) is 2.58. The zero-order chi connectivity index (χ0) is 12.6. The second-order valence-corrected chi connectivity index (χ2v) is 4.16. The topological polar surface area (TPSA) is 67.6 Å². The Morgan fingerprint density at radius 2 is 2.12 bits per heavy atom. The highest BCUT2D eigenvalue weighted by atomic mass is 35.5. The van der Waals surface area contributed by atoms with Gasteiger partial charge < -0.3 is 5.73 Å². The van der Waals surface area contributed by atoms with Crippen LogP contribution in [-0.4, -0.2) is 9.78 Å². The molecule has 0 fully saturated rings. The molecule has 17 heavy (non-hydrogen) atoms. The maximum absolute atomic E-state index is 8.93. The number of aryl methyl sites for hydroxylation is 1. The zero-order valence-corrected chi connectivity index (χ0v) is 10.3. The van der Waals surface area contributed by atoms with E-state index < -0.39 is 0 Å². The minimum Gasteiger partial charge on any atom is -0.398 e. The quantitative estimate of drug-likeness (QED) is 0.787. The van der Waals surface area contributed by atoms with E-state index in [2.05, 4.69) is 5.10 Å². The molecule has 0 saturated heterocycles. The first-order valence-corrected chi connectivity index (χ1v) is 5.44. The van der Waals surface area contributed by atoms with Crippen LogP contribution in [0.5, 0.6) is 0 Å². The SMILES string of the molecule is Cc1nn(-c2ccc(N)c(C#N)c2)c(C)c1Cl. The summed E-state index contributed by atoms with van der Waals surface area (Å²) in [6, 6.07) is 7.25. The van der Waals surface area contributed by atoms with Crippen LogP contribution in [0, 0.1) is 25.2 Å². The minimum absolute atomic E-state index is 0.436. The summed E-state index contributed by atoms with van der Waals surface area (Å²) in [7, 11) is 0. The third kappa shape index (κ3) is 1.85. The summed E-state index contributed by atoms with van der Waals surface area (Å²) in [5, 5.41) is 13.9. The van der Waals surface area contributed by atoms with Gasteiger partial charge in [-0.1, -0.05) is 11.6 Å². The van der Waals surface area contributed by atoms with Crippen LogP contribution in [-0.2, 0) is 0 Å². The summed E-state index contributed by atoms with van der Waals surface area (Å²) < 4.78 is 1.71. The van der Waals surface area contributed by atoms with Crippen LogP contribution in [0.3, 0.4) is 0 Å². The van der Waals surface area contributed by atoms with Gasteiger partial charge in [-0.15, -0.1) is 0 Å². The summed E-state index contributed by atoms with van der Waals surface area (Å²) in [4.78, 5) is 0. The number of hydrogen-bond acceptors (Lipinski definition) is 3. The fraction of sp³-hybridized carbons (Fsp3) is 0.167. The highest BCUT2D eigenvalue weighted by Gasteiger charge is 2.11. The van der Waals surface area contributed by atoms with Crippen molar-refractivity contribution in [1.29, 1.82) is 5.26 Å². The van der Waals surface area contributed by atoms with Crippen LogP contribution in [0.25, 0.3) is 5.69 Å². The van der Waals surface area contributed by atoms with Crippen LogP contribution in [0.15, 0.2) is 18.2 Å². The lowest BCUT2D eigenvalue weighted by atomic mass is 10.2. The molecule has 2 rings (SSSR count). The third-order valence-corrected chi connectivity index (χ3v) is 3.15. The molecule has 0 bridgehead atoms. The number of aromatic nitrogens is 2. The van der Waals surface area contributed by atoms with Gasteiger partial charge in [-0.05, 0) is 32.0 Å². The predicted octanol–water partition coefficient (Wildman–Crippen LogP) is 2.60.